The minimum absolute atomic E-state index is 0.0456. The fourth-order valence-electron chi connectivity index (χ4n) is 7.28. The Labute approximate surface area is 247 Å². The molecule has 2 bridgehead atoms. The zero-order valence-corrected chi connectivity index (χ0v) is 23.1. The Morgan fingerprint density at radius 1 is 0.930 bits per heavy atom. The summed E-state index contributed by atoms with van der Waals surface area (Å²) in [7, 11) is 0. The zero-order valence-electron chi connectivity index (χ0n) is 23.1. The summed E-state index contributed by atoms with van der Waals surface area (Å²) >= 11 is 0. The molecule has 0 saturated carbocycles. The summed E-state index contributed by atoms with van der Waals surface area (Å²) in [5.41, 5.74) is 5.97. The average Bonchev–Trinajstić information content (AvgIpc) is 3.28. The smallest absolute Gasteiger partial charge is 0.274 e. The third-order valence-corrected chi connectivity index (χ3v) is 8.92. The Kier molecular flexibility index (Phi) is 6.05. The van der Waals surface area contributed by atoms with Crippen LogP contribution in [0.2, 0.25) is 0 Å². The largest absolute Gasteiger partial charge is 0.293 e. The fourth-order valence-corrected chi connectivity index (χ4v) is 7.28. The summed E-state index contributed by atoms with van der Waals surface area (Å²) in [6.07, 6.45) is 1.70. The molecule has 9 heteroatoms. The number of nitrogens with one attached hydrogen (secondary N) is 1. The van der Waals surface area contributed by atoms with Gasteiger partial charge in [0.2, 0.25) is 17.7 Å². The van der Waals surface area contributed by atoms with Crippen molar-refractivity contribution in [3.63, 3.8) is 0 Å². The van der Waals surface area contributed by atoms with Gasteiger partial charge in [-0.05, 0) is 46.4 Å². The van der Waals surface area contributed by atoms with Crippen LogP contribution >= 0.6 is 0 Å². The molecule has 1 saturated heterocycles. The first kappa shape index (κ1) is 26.5. The molecule has 0 unspecified atom stereocenters. The Hall–Kier alpha value is -5.44. The minimum Gasteiger partial charge on any atom is -0.274 e. The van der Waals surface area contributed by atoms with E-state index in [1.807, 2.05) is 78.9 Å². The van der Waals surface area contributed by atoms with E-state index in [-0.39, 0.29) is 23.7 Å². The van der Waals surface area contributed by atoms with Gasteiger partial charge < -0.3 is 0 Å². The average molecular weight is 571 g/mol. The molecule has 0 spiro atoms. The summed E-state index contributed by atoms with van der Waals surface area (Å²) in [6, 6.07) is 29.1. The number of nitro benzene ring substituents is 1. The Morgan fingerprint density at radius 3 is 2.21 bits per heavy atom. The van der Waals surface area contributed by atoms with Crippen molar-refractivity contribution in [3.8, 4) is 0 Å². The van der Waals surface area contributed by atoms with E-state index < -0.39 is 39.9 Å². The van der Waals surface area contributed by atoms with Gasteiger partial charge in [0.05, 0.1) is 28.6 Å². The molecule has 1 fully saturated rings. The number of amides is 3. The van der Waals surface area contributed by atoms with Gasteiger partial charge in [-0.15, -0.1) is 0 Å². The number of hydrogen-bond donors (Lipinski definition) is 1. The minimum atomic E-state index is -1.20. The number of anilines is 1. The summed E-state index contributed by atoms with van der Waals surface area (Å²) in [4.78, 5) is 54.1. The molecule has 4 aliphatic rings. The summed E-state index contributed by atoms with van der Waals surface area (Å²) in [5, 5.41) is 16.5. The van der Waals surface area contributed by atoms with E-state index in [4.69, 9.17) is 0 Å². The molecule has 1 heterocycles. The lowest BCUT2D eigenvalue weighted by molar-refractivity contribution is -0.384. The van der Waals surface area contributed by atoms with Gasteiger partial charge in [0.1, 0.15) is 5.69 Å². The molecule has 3 aliphatic carbocycles. The van der Waals surface area contributed by atoms with E-state index in [2.05, 4.69) is 10.5 Å². The maximum absolute atomic E-state index is 14.5. The lowest BCUT2D eigenvalue weighted by atomic mass is 9.47. The van der Waals surface area contributed by atoms with Gasteiger partial charge in [-0.1, -0.05) is 84.9 Å². The van der Waals surface area contributed by atoms with E-state index in [9.17, 15) is 24.5 Å². The van der Waals surface area contributed by atoms with Crippen molar-refractivity contribution < 1.29 is 19.3 Å². The molecule has 1 aliphatic heterocycles. The van der Waals surface area contributed by atoms with Crippen LogP contribution in [0.1, 0.15) is 39.3 Å². The number of aryl methyl sites for hydroxylation is 1. The van der Waals surface area contributed by atoms with Crippen LogP contribution in [-0.4, -0.2) is 28.9 Å². The molecule has 212 valence electrons. The number of rotatable bonds is 6. The van der Waals surface area contributed by atoms with Crippen molar-refractivity contribution in [1.29, 1.82) is 0 Å². The third kappa shape index (κ3) is 3.85. The standard InChI is InChI=1S/C34H26N4O5/c1-20-15-16-26(27(17-20)38(42)43)37-32(40)30-29-22-11-5-7-13-24(22)34(31(30)33(37)41,25-14-8-6-12-23(25)29)19-35-36-28(39)18-21-9-3-2-4-10-21/h2-17,19,29-31H,18H2,1H3,(H,36,39)/b35-19-/t29?,30-,31+,34?/m1/s1. The first-order valence-electron chi connectivity index (χ1n) is 14.0. The van der Waals surface area contributed by atoms with Crippen LogP contribution in [0.5, 0.6) is 0 Å². The number of benzene rings is 4. The predicted octanol–water partition coefficient (Wildman–Crippen LogP) is 4.80. The van der Waals surface area contributed by atoms with Gasteiger partial charge >= 0.3 is 0 Å². The molecule has 8 rings (SSSR count). The highest BCUT2D eigenvalue weighted by molar-refractivity contribution is 6.25. The monoisotopic (exact) mass is 570 g/mol. The van der Waals surface area contributed by atoms with Crippen molar-refractivity contribution in [3.05, 3.63) is 141 Å². The maximum Gasteiger partial charge on any atom is 0.293 e. The van der Waals surface area contributed by atoms with E-state index in [1.165, 1.54) is 12.1 Å². The predicted molar refractivity (Wildman–Crippen MR) is 160 cm³/mol. The van der Waals surface area contributed by atoms with Gasteiger partial charge in [-0.3, -0.25) is 24.5 Å². The highest BCUT2D eigenvalue weighted by Gasteiger charge is 2.68. The van der Waals surface area contributed by atoms with Gasteiger partial charge in [0.25, 0.3) is 5.69 Å². The highest BCUT2D eigenvalue weighted by atomic mass is 16.6. The van der Waals surface area contributed by atoms with Gasteiger partial charge in [-0.2, -0.15) is 5.10 Å². The molecule has 2 atom stereocenters. The van der Waals surface area contributed by atoms with Crippen LogP contribution in [0.15, 0.2) is 102 Å². The van der Waals surface area contributed by atoms with Crippen molar-refractivity contribution in [2.24, 2.45) is 16.9 Å². The van der Waals surface area contributed by atoms with Crippen LogP contribution in [0, 0.1) is 28.9 Å². The lowest BCUT2D eigenvalue weighted by Crippen LogP contribution is -2.54. The van der Waals surface area contributed by atoms with Gasteiger partial charge in [0.15, 0.2) is 0 Å². The van der Waals surface area contributed by atoms with E-state index in [0.717, 1.165) is 32.7 Å². The van der Waals surface area contributed by atoms with E-state index in [1.54, 1.807) is 19.2 Å². The number of carbonyl (C=O) groups excluding carboxylic acids is 3. The highest BCUT2D eigenvalue weighted by Crippen LogP contribution is 2.63. The number of imide groups is 1. The van der Waals surface area contributed by atoms with Crippen LogP contribution in [-0.2, 0) is 26.2 Å². The molecule has 4 aromatic carbocycles. The quantitative estimate of drug-likeness (QED) is 0.155. The van der Waals surface area contributed by atoms with E-state index in [0.29, 0.717) is 5.56 Å². The molecular formula is C34H26N4O5. The van der Waals surface area contributed by atoms with Gasteiger partial charge in [-0.25, -0.2) is 10.3 Å². The first-order valence-corrected chi connectivity index (χ1v) is 14.0. The summed E-state index contributed by atoms with van der Waals surface area (Å²) in [5.74, 6) is -3.51. The summed E-state index contributed by atoms with van der Waals surface area (Å²) < 4.78 is 0. The molecule has 9 nitrogen and oxygen atoms in total. The molecule has 4 aromatic rings. The van der Waals surface area contributed by atoms with E-state index >= 15 is 0 Å². The second-order valence-electron chi connectivity index (χ2n) is 11.2. The third-order valence-electron chi connectivity index (χ3n) is 8.92. The van der Waals surface area contributed by atoms with Crippen molar-refractivity contribution in [2.45, 2.75) is 24.7 Å². The molecule has 0 aromatic heterocycles. The van der Waals surface area contributed by atoms with Crippen LogP contribution in [0.25, 0.3) is 0 Å². The summed E-state index contributed by atoms with van der Waals surface area (Å²) in [6.45, 7) is 1.72. The van der Waals surface area contributed by atoms with Crippen molar-refractivity contribution in [1.82, 2.24) is 5.43 Å². The molecule has 3 amide bonds. The molecule has 43 heavy (non-hydrogen) atoms. The molecular weight excluding hydrogens is 544 g/mol. The normalized spacial score (nSPS) is 23.2. The van der Waals surface area contributed by atoms with Crippen molar-refractivity contribution >= 4 is 35.3 Å². The SMILES string of the molecule is Cc1ccc(N2C(=O)[C@@H]3C4c5ccccc5C(/C=N\NC(=O)Cc5ccccc5)(c5ccccc54)[C@@H]3C2=O)c([N+](=O)[O-])c1. The van der Waals surface area contributed by atoms with Gasteiger partial charge in [0, 0.05) is 18.2 Å². The second-order valence-corrected chi connectivity index (χ2v) is 11.2. The Balaban J connectivity index is 1.38. The van der Waals surface area contributed by atoms with Crippen molar-refractivity contribution in [2.75, 3.05) is 4.90 Å². The fraction of sp³-hybridized carbons (Fsp3) is 0.176. The Morgan fingerprint density at radius 2 is 1.56 bits per heavy atom. The number of nitrogens with zero attached hydrogens (tertiary/aromatic N) is 3. The van der Waals surface area contributed by atoms with Crippen LogP contribution in [0.4, 0.5) is 11.4 Å². The molecule has 1 N–H and O–H groups in total. The number of nitro groups is 1. The topological polar surface area (TPSA) is 122 Å². The molecule has 0 radical (unpaired) electrons. The second kappa shape index (κ2) is 9.84. The van der Waals surface area contributed by atoms with Crippen LogP contribution in [0.3, 0.4) is 0 Å². The number of hydrogen-bond acceptors (Lipinski definition) is 6. The Bertz CT molecular complexity index is 1820. The maximum atomic E-state index is 14.5. The van der Waals surface area contributed by atoms with Crippen LogP contribution < -0.4 is 10.3 Å². The zero-order chi connectivity index (χ0) is 29.9. The lowest BCUT2D eigenvalue weighted by Gasteiger charge is -2.52. The first-order chi connectivity index (χ1) is 20.8. The number of carbonyl (C=O) groups is 3. The number of hydrazone groups is 1.